The molecule has 0 heterocycles. The van der Waals surface area contributed by atoms with Gasteiger partial charge in [-0.15, -0.1) is 0 Å². The average Bonchev–Trinajstić information content (AvgIpc) is 1.87. The van der Waals surface area contributed by atoms with E-state index in [0.717, 1.165) is 0 Å². The first kappa shape index (κ1) is 11.1. The van der Waals surface area contributed by atoms with Gasteiger partial charge in [0.25, 0.3) is 0 Å². The Morgan fingerprint density at radius 1 is 1.09 bits per heavy atom. The van der Waals surface area contributed by atoms with Gasteiger partial charge in [-0.2, -0.15) is 0 Å². The predicted octanol–water partition coefficient (Wildman–Crippen LogP) is 3.43. The highest BCUT2D eigenvalue weighted by Crippen LogP contribution is 2.41. The highest BCUT2D eigenvalue weighted by Gasteiger charge is 2.09. The van der Waals surface area contributed by atoms with E-state index in [2.05, 4.69) is 40.2 Å². The molecule has 0 aromatic carbocycles. The highest BCUT2D eigenvalue weighted by molar-refractivity contribution is 8.32. The second-order valence-corrected chi connectivity index (χ2v) is 8.38. The van der Waals surface area contributed by atoms with Crippen molar-refractivity contribution in [1.29, 1.82) is 0 Å². The predicted molar refractivity (Wildman–Crippen MR) is 58.9 cm³/mol. The SMILES string of the molecule is CCS(C)(C)CC(C)=C(C)C. The fraction of sp³-hybridized carbons (Fsp3) is 0.800. The molecule has 0 radical (unpaired) electrons. The van der Waals surface area contributed by atoms with Gasteiger partial charge in [0.15, 0.2) is 0 Å². The summed E-state index contributed by atoms with van der Waals surface area (Å²) in [5.41, 5.74) is 3.09. The van der Waals surface area contributed by atoms with Crippen LogP contribution in [0.3, 0.4) is 0 Å². The van der Waals surface area contributed by atoms with Crippen LogP contribution in [-0.2, 0) is 0 Å². The zero-order valence-electron chi connectivity index (χ0n) is 8.82. The molecule has 0 unspecified atom stereocenters. The first-order valence-corrected chi connectivity index (χ1v) is 6.99. The van der Waals surface area contributed by atoms with Gasteiger partial charge in [0, 0.05) is 0 Å². The zero-order valence-corrected chi connectivity index (χ0v) is 9.64. The molecule has 0 saturated heterocycles. The van der Waals surface area contributed by atoms with Gasteiger partial charge in [-0.3, -0.25) is 0 Å². The molecule has 0 aromatic heterocycles. The first-order chi connectivity index (χ1) is 4.89. The van der Waals surface area contributed by atoms with Gasteiger partial charge in [-0.05, 0) is 44.8 Å². The van der Waals surface area contributed by atoms with Gasteiger partial charge in [0.2, 0.25) is 0 Å². The molecule has 0 bridgehead atoms. The minimum atomic E-state index is -0.322. The molecule has 0 amide bonds. The van der Waals surface area contributed by atoms with Crippen molar-refractivity contribution >= 4 is 10.0 Å². The monoisotopic (exact) mass is 174 g/mol. The summed E-state index contributed by atoms with van der Waals surface area (Å²) >= 11 is 0. The van der Waals surface area contributed by atoms with Crippen molar-refractivity contribution in [2.75, 3.05) is 24.0 Å². The standard InChI is InChI=1S/C10H22S/c1-7-11(5,6)8-10(4)9(2)3/h7-8H2,1-6H3. The normalized spacial score (nSPS) is 12.9. The van der Waals surface area contributed by atoms with Crippen LogP contribution in [0.25, 0.3) is 0 Å². The fourth-order valence-electron chi connectivity index (χ4n) is 0.833. The number of rotatable bonds is 3. The van der Waals surface area contributed by atoms with Crippen LogP contribution in [0.15, 0.2) is 11.1 Å². The minimum absolute atomic E-state index is 0.322. The van der Waals surface area contributed by atoms with E-state index < -0.39 is 0 Å². The van der Waals surface area contributed by atoms with Crippen molar-refractivity contribution in [2.45, 2.75) is 27.7 Å². The van der Waals surface area contributed by atoms with Gasteiger partial charge >= 0.3 is 0 Å². The van der Waals surface area contributed by atoms with Gasteiger partial charge in [0.05, 0.1) is 0 Å². The van der Waals surface area contributed by atoms with Gasteiger partial charge < -0.3 is 0 Å². The second-order valence-electron chi connectivity index (χ2n) is 3.98. The molecule has 0 aliphatic heterocycles. The van der Waals surface area contributed by atoms with E-state index in [0.29, 0.717) is 0 Å². The maximum absolute atomic E-state index is 2.42. The van der Waals surface area contributed by atoms with E-state index in [1.54, 1.807) is 5.57 Å². The third kappa shape index (κ3) is 4.52. The fourth-order valence-corrected chi connectivity index (χ4v) is 2.50. The van der Waals surface area contributed by atoms with Crippen molar-refractivity contribution in [2.24, 2.45) is 0 Å². The number of allylic oxidation sites excluding steroid dienone is 1. The zero-order chi connectivity index (χ0) is 9.07. The highest BCUT2D eigenvalue weighted by atomic mass is 32.3. The molecule has 11 heavy (non-hydrogen) atoms. The molecule has 0 aromatic rings. The summed E-state index contributed by atoms with van der Waals surface area (Å²) in [7, 11) is -0.322. The lowest BCUT2D eigenvalue weighted by Gasteiger charge is -2.30. The Bertz CT molecular complexity index is 150. The second kappa shape index (κ2) is 4.20. The van der Waals surface area contributed by atoms with Crippen LogP contribution in [0.1, 0.15) is 27.7 Å². The molecule has 0 aliphatic carbocycles. The molecule has 1 heteroatoms. The van der Waals surface area contributed by atoms with E-state index in [9.17, 15) is 0 Å². The lowest BCUT2D eigenvalue weighted by molar-refractivity contribution is 1.23. The van der Waals surface area contributed by atoms with E-state index in [1.807, 2.05) is 0 Å². The van der Waals surface area contributed by atoms with Crippen molar-refractivity contribution in [3.05, 3.63) is 11.1 Å². The van der Waals surface area contributed by atoms with Crippen LogP contribution in [0.5, 0.6) is 0 Å². The Morgan fingerprint density at radius 3 is 1.82 bits per heavy atom. The van der Waals surface area contributed by atoms with Crippen molar-refractivity contribution in [1.82, 2.24) is 0 Å². The van der Waals surface area contributed by atoms with Gasteiger partial charge in [-0.25, -0.2) is 10.0 Å². The summed E-state index contributed by atoms with van der Waals surface area (Å²) < 4.78 is 0. The maximum Gasteiger partial charge on any atom is -0.00215 e. The number of hydrogen-bond donors (Lipinski definition) is 0. The third-order valence-electron chi connectivity index (χ3n) is 2.24. The molecule has 0 spiro atoms. The largest absolute Gasteiger partial charge is 0.243 e. The van der Waals surface area contributed by atoms with Crippen molar-refractivity contribution in [3.8, 4) is 0 Å². The smallest absolute Gasteiger partial charge is 0.00215 e. The molecule has 68 valence electrons. The van der Waals surface area contributed by atoms with E-state index in [1.165, 1.54) is 17.1 Å². The summed E-state index contributed by atoms with van der Waals surface area (Å²) in [4.78, 5) is 0. The minimum Gasteiger partial charge on any atom is -0.243 e. The summed E-state index contributed by atoms with van der Waals surface area (Å²) in [5.74, 6) is 2.67. The Labute approximate surface area is 73.4 Å². The van der Waals surface area contributed by atoms with Crippen LogP contribution in [-0.4, -0.2) is 24.0 Å². The quantitative estimate of drug-likeness (QED) is 0.575. The van der Waals surface area contributed by atoms with Crippen LogP contribution in [0.4, 0.5) is 0 Å². The van der Waals surface area contributed by atoms with Crippen LogP contribution >= 0.6 is 10.0 Å². The van der Waals surface area contributed by atoms with E-state index in [-0.39, 0.29) is 10.0 Å². The first-order valence-electron chi connectivity index (χ1n) is 4.20. The van der Waals surface area contributed by atoms with Gasteiger partial charge in [0.1, 0.15) is 0 Å². The van der Waals surface area contributed by atoms with Crippen LogP contribution in [0, 0.1) is 0 Å². The van der Waals surface area contributed by atoms with Gasteiger partial charge in [-0.1, -0.05) is 18.1 Å². The molecular weight excluding hydrogens is 152 g/mol. The van der Waals surface area contributed by atoms with Crippen LogP contribution in [0.2, 0.25) is 0 Å². The molecule has 0 aliphatic rings. The lowest BCUT2D eigenvalue weighted by Crippen LogP contribution is -2.05. The Morgan fingerprint density at radius 2 is 1.55 bits per heavy atom. The summed E-state index contributed by atoms with van der Waals surface area (Å²) in [5, 5.41) is 0. The maximum atomic E-state index is 2.42. The summed E-state index contributed by atoms with van der Waals surface area (Å²) in [6, 6.07) is 0. The molecule has 0 N–H and O–H groups in total. The molecule has 0 saturated carbocycles. The molecular formula is C10H22S. The Balaban J connectivity index is 4.15. The third-order valence-corrected chi connectivity index (χ3v) is 5.02. The van der Waals surface area contributed by atoms with E-state index >= 15 is 0 Å². The molecule has 0 nitrogen and oxygen atoms in total. The molecule has 0 atom stereocenters. The summed E-state index contributed by atoms with van der Waals surface area (Å²) in [6.45, 7) is 8.98. The molecule has 0 fully saturated rings. The molecule has 0 rings (SSSR count). The Kier molecular flexibility index (Phi) is 4.23. The Hall–Kier alpha value is 0.0900. The van der Waals surface area contributed by atoms with E-state index in [4.69, 9.17) is 0 Å². The summed E-state index contributed by atoms with van der Waals surface area (Å²) in [6.07, 6.45) is 4.83. The number of hydrogen-bond acceptors (Lipinski definition) is 0. The topological polar surface area (TPSA) is 0 Å². The van der Waals surface area contributed by atoms with Crippen LogP contribution < -0.4 is 0 Å². The lowest BCUT2D eigenvalue weighted by atomic mass is 10.2. The van der Waals surface area contributed by atoms with Crippen molar-refractivity contribution < 1.29 is 0 Å². The van der Waals surface area contributed by atoms with Crippen molar-refractivity contribution in [3.63, 3.8) is 0 Å². The average molecular weight is 174 g/mol.